The molecule has 0 spiro atoms. The number of aliphatic hydroxyl groups is 7. The maximum Gasteiger partial charge on any atom is 0.306 e. The van der Waals surface area contributed by atoms with Crippen molar-refractivity contribution in [2.45, 2.75) is 313 Å². The van der Waals surface area contributed by atoms with Crippen molar-refractivity contribution >= 4 is 11.9 Å². The molecule has 0 aromatic rings. The van der Waals surface area contributed by atoms with E-state index in [1.54, 1.807) is 0 Å². The molecule has 0 bridgehead atoms. The summed E-state index contributed by atoms with van der Waals surface area (Å²) < 4.78 is 33.7. The Balaban J connectivity index is 1.75. The number of hydrogen-bond acceptors (Lipinski definition) is 15. The van der Waals surface area contributed by atoms with Crippen LogP contribution in [0.25, 0.3) is 0 Å². The van der Waals surface area contributed by atoms with E-state index in [-0.39, 0.29) is 26.1 Å². The Hall–Kier alpha value is -1.76. The molecule has 0 aromatic carbocycles. The monoisotopic (exact) mass is 1030 g/mol. The summed E-state index contributed by atoms with van der Waals surface area (Å²) in [6.07, 6.45) is 29.5. The Morgan fingerprint density at radius 2 is 0.792 bits per heavy atom. The lowest BCUT2D eigenvalue weighted by atomic mass is 9.98. The highest BCUT2D eigenvalue weighted by Gasteiger charge is 2.47. The van der Waals surface area contributed by atoms with Crippen LogP contribution < -0.4 is 0 Å². The van der Waals surface area contributed by atoms with Crippen LogP contribution in [0.5, 0.6) is 0 Å². The number of aliphatic hydroxyl groups excluding tert-OH is 7. The fourth-order valence-electron chi connectivity index (χ4n) is 9.45. The normalized spacial score (nSPS) is 25.0. The van der Waals surface area contributed by atoms with Crippen LogP contribution in [-0.2, 0) is 38.0 Å². The van der Waals surface area contributed by atoms with Crippen LogP contribution in [0, 0.1) is 0 Å². The third kappa shape index (κ3) is 31.3. The van der Waals surface area contributed by atoms with E-state index in [1.165, 1.54) is 167 Å². The summed E-state index contributed by atoms with van der Waals surface area (Å²) in [6, 6.07) is 0. The number of allylic oxidation sites excluding steroid dienone is 2. The van der Waals surface area contributed by atoms with Gasteiger partial charge in [0.25, 0.3) is 0 Å². The van der Waals surface area contributed by atoms with Crippen molar-refractivity contribution in [1.29, 1.82) is 0 Å². The van der Waals surface area contributed by atoms with E-state index in [1.807, 2.05) is 0 Å². The summed E-state index contributed by atoms with van der Waals surface area (Å²) in [5, 5.41) is 72.2. The molecule has 2 saturated heterocycles. The fourth-order valence-corrected chi connectivity index (χ4v) is 9.45. The molecule has 2 fully saturated rings. The van der Waals surface area contributed by atoms with Gasteiger partial charge in [0.1, 0.15) is 55.4 Å². The maximum atomic E-state index is 13.1. The van der Waals surface area contributed by atoms with E-state index >= 15 is 0 Å². The molecule has 2 heterocycles. The van der Waals surface area contributed by atoms with Gasteiger partial charge in [-0.2, -0.15) is 0 Å². The summed E-state index contributed by atoms with van der Waals surface area (Å²) in [7, 11) is 0. The van der Waals surface area contributed by atoms with E-state index in [0.29, 0.717) is 12.8 Å². The molecular weight excluding hydrogens is 925 g/mol. The van der Waals surface area contributed by atoms with Gasteiger partial charge in [-0.3, -0.25) is 9.59 Å². The summed E-state index contributed by atoms with van der Waals surface area (Å²) in [5.41, 5.74) is 0. The first-order valence-electron chi connectivity index (χ1n) is 29.3. The van der Waals surface area contributed by atoms with Crippen LogP contribution in [0.3, 0.4) is 0 Å². The van der Waals surface area contributed by atoms with Crippen LogP contribution in [0.2, 0.25) is 0 Å². The molecule has 0 aromatic heterocycles. The Labute approximate surface area is 435 Å². The second-order valence-electron chi connectivity index (χ2n) is 20.8. The van der Waals surface area contributed by atoms with Crippen LogP contribution in [0.15, 0.2) is 12.2 Å². The SMILES string of the molecule is CCCCCCCCCCC/C=C/CCCCC(=O)OC[C@H](CO[C@H]1O[C@@H](CO[C@H]2O[C@@H](CO)[C@@H](O)C(O)C2O)[C@@H](O)C(O)C1O)OC(=O)CCCCCCCCCCCCCCCCCCCCCCC. The second-order valence-corrected chi connectivity index (χ2v) is 20.8. The molecule has 15 nitrogen and oxygen atoms in total. The zero-order chi connectivity index (χ0) is 52.4. The summed E-state index contributed by atoms with van der Waals surface area (Å²) in [4.78, 5) is 25.9. The summed E-state index contributed by atoms with van der Waals surface area (Å²) in [6.45, 7) is 2.62. The Kier molecular flexibility index (Phi) is 40.9. The van der Waals surface area contributed by atoms with E-state index in [0.717, 1.165) is 38.5 Å². The molecule has 2 aliphatic rings. The number of carbonyl (C=O) groups is 2. The first kappa shape index (κ1) is 66.4. The molecular formula is C57H106O15. The minimum atomic E-state index is -1.76. The van der Waals surface area contributed by atoms with Gasteiger partial charge in [0.2, 0.25) is 0 Å². The molecule has 0 saturated carbocycles. The quantitative estimate of drug-likeness (QED) is 0.0171. The van der Waals surface area contributed by atoms with Gasteiger partial charge in [0.05, 0.1) is 19.8 Å². The molecule has 424 valence electrons. The highest BCUT2D eigenvalue weighted by atomic mass is 16.7. The molecule has 0 radical (unpaired) electrons. The third-order valence-electron chi connectivity index (χ3n) is 14.2. The average molecular weight is 1030 g/mol. The van der Waals surface area contributed by atoms with E-state index in [2.05, 4.69) is 26.0 Å². The predicted octanol–water partition coefficient (Wildman–Crippen LogP) is 9.72. The van der Waals surface area contributed by atoms with Gasteiger partial charge in [-0.1, -0.05) is 206 Å². The number of unbranched alkanes of at least 4 members (excludes halogenated alkanes) is 31. The van der Waals surface area contributed by atoms with E-state index in [9.17, 15) is 45.3 Å². The topological polar surface area (TPSA) is 231 Å². The number of ether oxygens (including phenoxy) is 6. The van der Waals surface area contributed by atoms with Crippen molar-refractivity contribution in [1.82, 2.24) is 0 Å². The van der Waals surface area contributed by atoms with Crippen molar-refractivity contribution < 1.29 is 73.8 Å². The van der Waals surface area contributed by atoms with Gasteiger partial charge in [0.15, 0.2) is 18.7 Å². The Morgan fingerprint density at radius 3 is 1.25 bits per heavy atom. The minimum absolute atomic E-state index is 0.168. The molecule has 0 aliphatic carbocycles. The first-order chi connectivity index (χ1) is 35.0. The number of hydrogen-bond donors (Lipinski definition) is 7. The first-order valence-corrected chi connectivity index (χ1v) is 29.3. The summed E-state index contributed by atoms with van der Waals surface area (Å²) in [5.74, 6) is -0.935. The molecule has 15 heteroatoms. The van der Waals surface area contributed by atoms with Crippen LogP contribution in [0.1, 0.15) is 245 Å². The number of esters is 2. The highest BCUT2D eigenvalue weighted by molar-refractivity contribution is 5.70. The molecule has 2 aliphatic heterocycles. The number of rotatable bonds is 47. The van der Waals surface area contributed by atoms with Crippen LogP contribution in [-0.4, -0.2) is 142 Å². The second kappa shape index (κ2) is 44.4. The van der Waals surface area contributed by atoms with Crippen molar-refractivity contribution in [2.75, 3.05) is 26.4 Å². The Bertz CT molecular complexity index is 1300. The smallest absolute Gasteiger partial charge is 0.306 e. The van der Waals surface area contributed by atoms with Crippen molar-refractivity contribution in [2.24, 2.45) is 0 Å². The zero-order valence-electron chi connectivity index (χ0n) is 45.2. The van der Waals surface area contributed by atoms with Gasteiger partial charge in [-0.25, -0.2) is 0 Å². The largest absolute Gasteiger partial charge is 0.462 e. The van der Waals surface area contributed by atoms with Crippen LogP contribution in [0.4, 0.5) is 0 Å². The van der Waals surface area contributed by atoms with Gasteiger partial charge in [-0.15, -0.1) is 0 Å². The maximum absolute atomic E-state index is 13.1. The molecule has 7 N–H and O–H groups in total. The molecule has 11 atom stereocenters. The molecule has 0 amide bonds. The standard InChI is InChI=1S/C57H106O15/c1-3-5-7-9-11-13-15-17-19-20-21-22-23-24-26-28-30-32-34-36-38-40-49(60)70-45(42-67-48(59)39-37-35-33-31-29-27-25-18-16-14-12-10-8-6-4-2)43-68-56-55(66)53(64)51(62)47(72-56)44-69-57-54(65)52(63)50(61)46(41-58)71-57/h29,31,45-47,50-58,61-66H,3-28,30,32-44H2,1-2H3/b31-29+/t45-,46+,47+,50-,51-,52?,53?,54?,55?,56+,57+/m1/s1. The molecule has 4 unspecified atom stereocenters. The van der Waals surface area contributed by atoms with Crippen molar-refractivity contribution in [3.63, 3.8) is 0 Å². The van der Waals surface area contributed by atoms with Crippen molar-refractivity contribution in [3.8, 4) is 0 Å². The van der Waals surface area contributed by atoms with Gasteiger partial charge in [-0.05, 0) is 38.5 Å². The van der Waals surface area contributed by atoms with Gasteiger partial charge >= 0.3 is 11.9 Å². The van der Waals surface area contributed by atoms with Gasteiger partial charge < -0.3 is 64.2 Å². The molecule has 72 heavy (non-hydrogen) atoms. The third-order valence-corrected chi connectivity index (χ3v) is 14.2. The van der Waals surface area contributed by atoms with Gasteiger partial charge in [0, 0.05) is 12.8 Å². The van der Waals surface area contributed by atoms with E-state index in [4.69, 9.17) is 28.4 Å². The van der Waals surface area contributed by atoms with Crippen molar-refractivity contribution in [3.05, 3.63) is 12.2 Å². The minimum Gasteiger partial charge on any atom is -0.462 e. The highest BCUT2D eigenvalue weighted by Crippen LogP contribution is 2.27. The zero-order valence-corrected chi connectivity index (χ0v) is 45.2. The lowest BCUT2D eigenvalue weighted by molar-refractivity contribution is -0.332. The van der Waals surface area contributed by atoms with Crippen LogP contribution >= 0.6 is 0 Å². The Morgan fingerprint density at radius 1 is 0.431 bits per heavy atom. The fraction of sp³-hybridized carbons (Fsp3) is 0.930. The average Bonchev–Trinajstić information content (AvgIpc) is 3.37. The molecule has 2 rings (SSSR count). The lowest BCUT2D eigenvalue weighted by Gasteiger charge is -2.42. The summed E-state index contributed by atoms with van der Waals surface area (Å²) >= 11 is 0. The van der Waals surface area contributed by atoms with E-state index < -0.39 is 92.7 Å². The number of carbonyl (C=O) groups excluding carboxylic acids is 2. The predicted molar refractivity (Wildman–Crippen MR) is 280 cm³/mol. The lowest BCUT2D eigenvalue weighted by Crippen LogP contribution is -2.61.